The molecule has 120 valence electrons. The van der Waals surface area contributed by atoms with E-state index in [2.05, 4.69) is 5.32 Å². The highest BCUT2D eigenvalue weighted by molar-refractivity contribution is 6.05. The first-order chi connectivity index (χ1) is 9.95. The van der Waals surface area contributed by atoms with Gasteiger partial charge in [-0.3, -0.25) is 15.5 Å². The Hall–Kier alpha value is -3.11. The monoisotopic (exact) mass is 321 g/mol. The third-order valence-corrected chi connectivity index (χ3v) is 1.86. The summed E-state index contributed by atoms with van der Waals surface area (Å²) >= 11 is 0. The molecular formula is C11H10F3N3O5. The molecule has 1 rings (SSSR count). The van der Waals surface area contributed by atoms with Gasteiger partial charge in [-0.05, 0) is 18.2 Å². The van der Waals surface area contributed by atoms with Crippen molar-refractivity contribution in [2.24, 2.45) is 5.73 Å². The molecule has 0 aromatic heterocycles. The van der Waals surface area contributed by atoms with E-state index in [4.69, 9.17) is 26.2 Å². The molecule has 0 radical (unpaired) electrons. The molecule has 6 N–H and O–H groups in total. The van der Waals surface area contributed by atoms with Crippen LogP contribution in [0.2, 0.25) is 0 Å². The molecule has 22 heavy (non-hydrogen) atoms. The number of benzene rings is 1. The van der Waals surface area contributed by atoms with Gasteiger partial charge in [-0.15, -0.1) is 0 Å². The first-order valence-corrected chi connectivity index (χ1v) is 5.24. The molecule has 0 spiro atoms. The fourth-order valence-electron chi connectivity index (χ4n) is 0.988. The molecule has 1 aromatic rings. The smallest absolute Gasteiger partial charge is 0.478 e. The fraction of sp³-hybridized carbons (Fsp3) is 0.0909. The molecule has 0 atom stereocenters. The number of hydrogen-bond acceptors (Lipinski definition) is 4. The molecule has 11 heteroatoms. The minimum Gasteiger partial charge on any atom is -0.478 e. The Kier molecular flexibility index (Phi) is 6.54. The molecule has 0 aliphatic rings. The van der Waals surface area contributed by atoms with E-state index in [1.165, 1.54) is 24.3 Å². The molecular weight excluding hydrogens is 311 g/mol. The number of halogens is 3. The van der Waals surface area contributed by atoms with Crippen molar-refractivity contribution in [1.82, 2.24) is 5.32 Å². The van der Waals surface area contributed by atoms with E-state index in [0.29, 0.717) is 0 Å². The van der Waals surface area contributed by atoms with Crippen LogP contribution in [0.4, 0.5) is 13.2 Å². The number of hydrogen-bond donors (Lipinski definition) is 5. The van der Waals surface area contributed by atoms with E-state index in [9.17, 15) is 22.8 Å². The molecule has 0 aliphatic carbocycles. The number of nitrogens with two attached hydrogens (primary N) is 1. The summed E-state index contributed by atoms with van der Waals surface area (Å²) in [7, 11) is 0. The van der Waals surface area contributed by atoms with Crippen molar-refractivity contribution < 1.29 is 37.8 Å². The predicted octanol–water partition coefficient (Wildman–Crippen LogP) is 0.641. The average molecular weight is 321 g/mol. The number of rotatable bonds is 2. The third-order valence-electron chi connectivity index (χ3n) is 1.86. The molecule has 1 aromatic carbocycles. The van der Waals surface area contributed by atoms with E-state index in [1.54, 1.807) is 0 Å². The average Bonchev–Trinajstić information content (AvgIpc) is 2.37. The van der Waals surface area contributed by atoms with Gasteiger partial charge in [-0.2, -0.15) is 13.2 Å². The fourth-order valence-corrected chi connectivity index (χ4v) is 0.988. The van der Waals surface area contributed by atoms with Crippen LogP contribution in [0.3, 0.4) is 0 Å². The number of carbonyl (C=O) groups excluding carboxylic acids is 1. The van der Waals surface area contributed by atoms with Gasteiger partial charge in [0.1, 0.15) is 0 Å². The quantitative estimate of drug-likeness (QED) is 0.398. The second-order valence-corrected chi connectivity index (χ2v) is 3.56. The summed E-state index contributed by atoms with van der Waals surface area (Å²) in [6.45, 7) is 0. The highest BCUT2D eigenvalue weighted by Gasteiger charge is 2.38. The second-order valence-electron chi connectivity index (χ2n) is 3.56. The Morgan fingerprint density at radius 1 is 1.14 bits per heavy atom. The van der Waals surface area contributed by atoms with Gasteiger partial charge in [-0.1, -0.05) is 6.07 Å². The summed E-state index contributed by atoms with van der Waals surface area (Å²) in [5.41, 5.74) is 5.11. The number of carbonyl (C=O) groups is 3. The maximum absolute atomic E-state index is 11.3. The van der Waals surface area contributed by atoms with Crippen LogP contribution in [0.25, 0.3) is 0 Å². The van der Waals surface area contributed by atoms with Gasteiger partial charge in [0.2, 0.25) is 0 Å². The number of aliphatic carboxylic acids is 1. The maximum Gasteiger partial charge on any atom is 0.490 e. The summed E-state index contributed by atoms with van der Waals surface area (Å²) in [6.07, 6.45) is -5.08. The van der Waals surface area contributed by atoms with Crippen molar-refractivity contribution in [2.75, 3.05) is 0 Å². The Balaban J connectivity index is 0.000000534. The van der Waals surface area contributed by atoms with Crippen LogP contribution in [0.1, 0.15) is 20.7 Å². The highest BCUT2D eigenvalue weighted by Crippen LogP contribution is 2.13. The minimum atomic E-state index is -5.08. The first kappa shape index (κ1) is 18.9. The normalized spacial score (nSPS) is 9.95. The number of carboxylic acid groups (broad SMARTS) is 2. The number of guanidine groups is 1. The molecule has 8 nitrogen and oxygen atoms in total. The van der Waals surface area contributed by atoms with Crippen LogP contribution >= 0.6 is 0 Å². The lowest BCUT2D eigenvalue weighted by Crippen LogP contribution is -2.35. The molecule has 1 amide bonds. The first-order valence-electron chi connectivity index (χ1n) is 5.24. The van der Waals surface area contributed by atoms with E-state index in [0.717, 1.165) is 0 Å². The van der Waals surface area contributed by atoms with E-state index in [-0.39, 0.29) is 11.1 Å². The van der Waals surface area contributed by atoms with E-state index < -0.39 is 30.0 Å². The van der Waals surface area contributed by atoms with Crippen molar-refractivity contribution >= 4 is 23.8 Å². The summed E-state index contributed by atoms with van der Waals surface area (Å²) < 4.78 is 31.7. The number of alkyl halides is 3. The Morgan fingerprint density at radius 2 is 1.59 bits per heavy atom. The van der Waals surface area contributed by atoms with Crippen molar-refractivity contribution in [1.29, 1.82) is 5.41 Å². The number of nitrogens with one attached hydrogen (secondary N) is 2. The molecule has 0 fully saturated rings. The lowest BCUT2D eigenvalue weighted by atomic mass is 10.1. The standard InChI is InChI=1S/C9H9N3O3.C2HF3O2/c10-9(11)12-7(13)5-2-1-3-6(4-5)8(14)15;3-2(4,5)1(6)7/h1-4H,(H,14,15)(H4,10,11,12,13);(H,6,7). The topological polar surface area (TPSA) is 154 Å². The molecule has 0 saturated carbocycles. The number of carboxylic acids is 2. The predicted molar refractivity (Wildman–Crippen MR) is 66.5 cm³/mol. The van der Waals surface area contributed by atoms with Crippen LogP contribution < -0.4 is 11.1 Å². The lowest BCUT2D eigenvalue weighted by Gasteiger charge is -2.02. The molecule has 0 saturated heterocycles. The molecule has 0 heterocycles. The van der Waals surface area contributed by atoms with Crippen LogP contribution in [0.15, 0.2) is 24.3 Å². The maximum atomic E-state index is 11.3. The van der Waals surface area contributed by atoms with Crippen molar-refractivity contribution in [3.63, 3.8) is 0 Å². The largest absolute Gasteiger partial charge is 0.490 e. The number of amides is 1. The van der Waals surface area contributed by atoms with E-state index in [1.807, 2.05) is 0 Å². The van der Waals surface area contributed by atoms with Crippen LogP contribution in [0, 0.1) is 5.41 Å². The molecule has 0 unspecified atom stereocenters. The second kappa shape index (κ2) is 7.61. The molecule has 0 bridgehead atoms. The van der Waals surface area contributed by atoms with Gasteiger partial charge in [0.25, 0.3) is 5.91 Å². The van der Waals surface area contributed by atoms with Crippen molar-refractivity contribution in [3.05, 3.63) is 35.4 Å². The van der Waals surface area contributed by atoms with Gasteiger partial charge >= 0.3 is 18.1 Å². The zero-order chi connectivity index (χ0) is 17.5. The summed E-state index contributed by atoms with van der Waals surface area (Å²) in [6, 6.07) is 5.46. The van der Waals surface area contributed by atoms with Gasteiger partial charge in [-0.25, -0.2) is 9.59 Å². The Morgan fingerprint density at radius 3 is 1.95 bits per heavy atom. The van der Waals surface area contributed by atoms with Crippen LogP contribution in [-0.2, 0) is 4.79 Å². The van der Waals surface area contributed by atoms with Crippen molar-refractivity contribution in [3.8, 4) is 0 Å². The third kappa shape index (κ3) is 6.88. The van der Waals surface area contributed by atoms with E-state index >= 15 is 0 Å². The SMILES string of the molecule is N=C(N)NC(=O)c1cccc(C(=O)O)c1.O=C(O)C(F)(F)F. The highest BCUT2D eigenvalue weighted by atomic mass is 19.4. The van der Waals surface area contributed by atoms with Crippen LogP contribution in [-0.4, -0.2) is 40.2 Å². The Bertz CT molecular complexity index is 601. The summed E-state index contributed by atoms with van der Waals surface area (Å²) in [5, 5.41) is 24.7. The zero-order valence-electron chi connectivity index (χ0n) is 10.6. The lowest BCUT2D eigenvalue weighted by molar-refractivity contribution is -0.192. The zero-order valence-corrected chi connectivity index (χ0v) is 10.6. The van der Waals surface area contributed by atoms with Gasteiger partial charge in [0.05, 0.1) is 5.56 Å². The summed E-state index contributed by atoms with van der Waals surface area (Å²) in [5.74, 6) is -4.97. The summed E-state index contributed by atoms with van der Waals surface area (Å²) in [4.78, 5) is 30.8. The Labute approximate surface area is 120 Å². The number of aromatic carboxylic acids is 1. The van der Waals surface area contributed by atoms with Gasteiger partial charge < -0.3 is 15.9 Å². The minimum absolute atomic E-state index is 0.00574. The van der Waals surface area contributed by atoms with Gasteiger partial charge in [0.15, 0.2) is 5.96 Å². The molecule has 0 aliphatic heterocycles. The van der Waals surface area contributed by atoms with Crippen molar-refractivity contribution in [2.45, 2.75) is 6.18 Å². The van der Waals surface area contributed by atoms with Crippen LogP contribution in [0.5, 0.6) is 0 Å². The van der Waals surface area contributed by atoms with Gasteiger partial charge in [0, 0.05) is 5.56 Å².